The molecular formula is C28H31N5O7S. The highest BCUT2D eigenvalue weighted by Gasteiger charge is 2.42. The van der Waals surface area contributed by atoms with Crippen LogP contribution in [0.3, 0.4) is 0 Å². The van der Waals surface area contributed by atoms with Gasteiger partial charge in [0.25, 0.3) is 5.69 Å². The predicted molar refractivity (Wildman–Crippen MR) is 155 cm³/mol. The standard InChI is InChI=1S/C28H31N5O7S/c1-18-25(27(34)35)26(19-8-4-9-20(16-19)33(37)38)32(28(36)30-18)15-7-14-29-17-41(39,40)24-13-6-10-21-22(24)11-5-12-23(21)31(2)3/h4-6,8-13,16,25-26,29H,7,14-15,17H2,1-3H3,(H,34,35). The molecule has 1 aliphatic heterocycles. The third-order valence-corrected chi connectivity index (χ3v) is 8.64. The van der Waals surface area contributed by atoms with Crippen molar-refractivity contribution in [2.45, 2.75) is 24.3 Å². The Kier molecular flexibility index (Phi) is 8.69. The molecule has 0 saturated heterocycles. The summed E-state index contributed by atoms with van der Waals surface area (Å²) in [5, 5.41) is 25.6. The number of benzene rings is 3. The number of urea groups is 1. The van der Waals surface area contributed by atoms with E-state index in [4.69, 9.17) is 0 Å². The van der Waals surface area contributed by atoms with E-state index >= 15 is 0 Å². The zero-order valence-electron chi connectivity index (χ0n) is 22.9. The van der Waals surface area contributed by atoms with Crippen molar-refractivity contribution in [3.05, 3.63) is 76.3 Å². The summed E-state index contributed by atoms with van der Waals surface area (Å²) in [6.07, 6.45) is 0.286. The van der Waals surface area contributed by atoms with Crippen LogP contribution in [0.4, 0.5) is 16.2 Å². The molecule has 4 rings (SSSR count). The number of carboxylic acid groups (broad SMARTS) is 1. The van der Waals surface area contributed by atoms with Crippen molar-refractivity contribution in [3.8, 4) is 0 Å². The van der Waals surface area contributed by atoms with Gasteiger partial charge in [0, 0.05) is 54.9 Å². The van der Waals surface area contributed by atoms with Crippen molar-refractivity contribution in [2.75, 3.05) is 38.0 Å². The topological polar surface area (TPSA) is 163 Å². The molecule has 2 atom stereocenters. The lowest BCUT2D eigenvalue weighted by molar-refractivity contribution is -0.385. The highest BCUT2D eigenvalue weighted by Crippen LogP contribution is 2.36. The van der Waals surface area contributed by atoms with Gasteiger partial charge in [0.15, 0.2) is 9.84 Å². The Bertz CT molecular complexity index is 1640. The number of anilines is 1. The third-order valence-electron chi connectivity index (χ3n) is 7.03. The molecule has 1 aliphatic rings. The normalized spacial score (nSPS) is 17.4. The maximum Gasteiger partial charge on any atom is 0.344 e. The van der Waals surface area contributed by atoms with E-state index in [1.807, 2.05) is 37.2 Å². The minimum atomic E-state index is -3.71. The fourth-order valence-corrected chi connectivity index (χ4v) is 6.51. The van der Waals surface area contributed by atoms with Crippen molar-refractivity contribution < 1.29 is 28.0 Å². The van der Waals surface area contributed by atoms with E-state index < -0.39 is 38.7 Å². The molecule has 0 aromatic heterocycles. The second-order valence-corrected chi connectivity index (χ2v) is 11.9. The van der Waals surface area contributed by atoms with Gasteiger partial charge in [0.05, 0.1) is 15.9 Å². The van der Waals surface area contributed by atoms with Crippen LogP contribution >= 0.6 is 0 Å². The maximum atomic E-state index is 13.2. The van der Waals surface area contributed by atoms with Crippen LogP contribution in [0.5, 0.6) is 0 Å². The second-order valence-electron chi connectivity index (χ2n) is 9.98. The van der Waals surface area contributed by atoms with E-state index in [-0.39, 0.29) is 41.7 Å². The molecule has 0 aliphatic carbocycles. The van der Waals surface area contributed by atoms with Gasteiger partial charge < -0.3 is 20.2 Å². The molecule has 0 spiro atoms. The highest BCUT2D eigenvalue weighted by molar-refractivity contribution is 7.91. The van der Waals surface area contributed by atoms with Gasteiger partial charge in [-0.25, -0.2) is 18.2 Å². The first-order valence-electron chi connectivity index (χ1n) is 12.9. The Balaban J connectivity index is 1.49. The molecule has 13 heteroatoms. The van der Waals surface area contributed by atoms with Gasteiger partial charge in [-0.1, -0.05) is 36.4 Å². The van der Waals surface area contributed by atoms with Gasteiger partial charge in [-0.15, -0.1) is 0 Å². The Morgan fingerprint density at radius 3 is 2.49 bits per heavy atom. The maximum absolute atomic E-state index is 13.2. The van der Waals surface area contributed by atoms with Gasteiger partial charge in [-0.05, 0) is 37.6 Å². The summed E-state index contributed by atoms with van der Waals surface area (Å²) in [6.45, 7) is 1.71. The molecule has 2 unspecified atom stereocenters. The van der Waals surface area contributed by atoms with Crippen molar-refractivity contribution in [1.82, 2.24) is 10.2 Å². The molecular weight excluding hydrogens is 550 g/mol. The highest BCUT2D eigenvalue weighted by atomic mass is 32.2. The number of carbonyl (C=O) groups excluding carboxylic acids is 1. The van der Waals surface area contributed by atoms with E-state index in [2.05, 4.69) is 10.3 Å². The molecule has 12 nitrogen and oxygen atoms in total. The van der Waals surface area contributed by atoms with Gasteiger partial charge >= 0.3 is 12.0 Å². The first-order chi connectivity index (χ1) is 19.4. The molecule has 0 saturated carbocycles. The number of nitrogens with zero attached hydrogens (tertiary/aromatic N) is 4. The van der Waals surface area contributed by atoms with E-state index in [1.54, 1.807) is 24.3 Å². The van der Waals surface area contributed by atoms with Crippen LogP contribution in [0.2, 0.25) is 0 Å². The van der Waals surface area contributed by atoms with Crippen LogP contribution in [-0.2, 0) is 14.6 Å². The van der Waals surface area contributed by atoms with Crippen molar-refractivity contribution in [3.63, 3.8) is 0 Å². The number of amides is 2. The fourth-order valence-electron chi connectivity index (χ4n) is 5.14. The smallest absolute Gasteiger partial charge is 0.344 e. The lowest BCUT2D eigenvalue weighted by Crippen LogP contribution is -2.47. The summed E-state index contributed by atoms with van der Waals surface area (Å²) in [5.41, 5.74) is 1.08. The van der Waals surface area contributed by atoms with E-state index in [0.29, 0.717) is 10.9 Å². The molecule has 0 radical (unpaired) electrons. The lowest BCUT2D eigenvalue weighted by atomic mass is 9.86. The quantitative estimate of drug-likeness (QED) is 0.194. The summed E-state index contributed by atoms with van der Waals surface area (Å²) in [6, 6.07) is 14.5. The number of nitrogens with one attached hydrogen (secondary N) is 1. The number of carboxylic acids is 1. The van der Waals surface area contributed by atoms with Crippen molar-refractivity contribution in [1.29, 1.82) is 0 Å². The zero-order valence-corrected chi connectivity index (χ0v) is 23.7. The number of sulfone groups is 1. The molecule has 3 aromatic carbocycles. The second kappa shape index (κ2) is 12.0. The Hall–Kier alpha value is -4.36. The minimum Gasteiger partial charge on any atom is -0.481 e. The van der Waals surface area contributed by atoms with Crippen LogP contribution in [0, 0.1) is 16.0 Å². The number of aliphatic imine (C=N–C) groups is 1. The molecule has 41 heavy (non-hydrogen) atoms. The van der Waals surface area contributed by atoms with E-state index in [1.165, 1.54) is 30.0 Å². The number of nitro groups is 1. The number of rotatable bonds is 11. The molecule has 0 bridgehead atoms. The molecule has 0 fully saturated rings. The summed E-state index contributed by atoms with van der Waals surface area (Å²) in [5.74, 6) is -2.74. The van der Waals surface area contributed by atoms with Crippen LogP contribution in [-0.4, -0.2) is 74.1 Å². The first-order valence-corrected chi connectivity index (χ1v) is 14.5. The first kappa shape index (κ1) is 29.6. The third kappa shape index (κ3) is 6.20. The van der Waals surface area contributed by atoms with Crippen LogP contribution in [0.1, 0.15) is 24.9 Å². The number of carbonyl (C=O) groups is 2. The SMILES string of the molecule is CC1=NC(=O)N(CCCNCS(=O)(=O)c2cccc3c(N(C)C)cccc23)C(c2cccc([N+](=O)[O-])c2)C1C(=O)O. The number of nitro benzene ring substituents is 1. The van der Waals surface area contributed by atoms with Gasteiger partial charge in [-0.2, -0.15) is 0 Å². The molecule has 2 N–H and O–H groups in total. The van der Waals surface area contributed by atoms with E-state index in [0.717, 1.165) is 11.1 Å². The average molecular weight is 582 g/mol. The Morgan fingerprint density at radius 1 is 1.12 bits per heavy atom. The summed E-state index contributed by atoms with van der Waals surface area (Å²) < 4.78 is 26.5. The number of aliphatic carboxylic acids is 1. The Labute approximate surface area is 237 Å². The van der Waals surface area contributed by atoms with Gasteiger partial charge in [0.2, 0.25) is 0 Å². The summed E-state index contributed by atoms with van der Waals surface area (Å²) in [4.78, 5) is 43.1. The fraction of sp³-hybridized carbons (Fsp3) is 0.321. The lowest BCUT2D eigenvalue weighted by Gasteiger charge is -2.37. The predicted octanol–water partition coefficient (Wildman–Crippen LogP) is 3.86. The minimum absolute atomic E-state index is 0.0558. The summed E-state index contributed by atoms with van der Waals surface area (Å²) in [7, 11) is 0.0637. The zero-order chi connectivity index (χ0) is 29.9. The number of non-ortho nitro benzene ring substituents is 1. The van der Waals surface area contributed by atoms with Crippen LogP contribution in [0.25, 0.3) is 10.8 Å². The molecule has 2 amide bonds. The monoisotopic (exact) mass is 581 g/mol. The van der Waals surface area contributed by atoms with Crippen LogP contribution in [0.15, 0.2) is 70.6 Å². The number of fused-ring (bicyclic) bond motifs is 1. The van der Waals surface area contributed by atoms with Crippen molar-refractivity contribution in [2.24, 2.45) is 10.9 Å². The average Bonchev–Trinajstić information content (AvgIpc) is 2.92. The summed E-state index contributed by atoms with van der Waals surface area (Å²) >= 11 is 0. The molecule has 3 aromatic rings. The van der Waals surface area contributed by atoms with Crippen LogP contribution < -0.4 is 10.2 Å². The Morgan fingerprint density at radius 2 is 1.80 bits per heavy atom. The largest absolute Gasteiger partial charge is 0.481 e. The van der Waals surface area contributed by atoms with Gasteiger partial charge in [0.1, 0.15) is 11.8 Å². The number of hydrogen-bond donors (Lipinski definition) is 2. The van der Waals surface area contributed by atoms with Gasteiger partial charge in [-0.3, -0.25) is 14.9 Å². The van der Waals surface area contributed by atoms with E-state index in [9.17, 15) is 33.2 Å². The molecule has 1 heterocycles. The molecule has 216 valence electrons. The number of hydrogen-bond acceptors (Lipinski definition) is 8. The van der Waals surface area contributed by atoms with Crippen molar-refractivity contribution >= 4 is 49.7 Å².